The lowest BCUT2D eigenvalue weighted by atomic mass is 10.1. The van der Waals surface area contributed by atoms with Crippen LogP contribution in [0.3, 0.4) is 0 Å². The molecule has 1 amide bonds. The van der Waals surface area contributed by atoms with Gasteiger partial charge < -0.3 is 0 Å². The molecule has 0 unspecified atom stereocenters. The highest BCUT2D eigenvalue weighted by atomic mass is 32.2. The Bertz CT molecular complexity index is 883. The minimum absolute atomic E-state index is 0.0408. The van der Waals surface area contributed by atoms with Gasteiger partial charge in [0.05, 0.1) is 17.0 Å². The summed E-state index contributed by atoms with van der Waals surface area (Å²) in [5.41, 5.74) is 3.63. The third-order valence-electron chi connectivity index (χ3n) is 4.53. The maximum atomic E-state index is 12.9. The summed E-state index contributed by atoms with van der Waals surface area (Å²) in [6.07, 6.45) is 1.48. The van der Waals surface area contributed by atoms with Crippen molar-refractivity contribution >= 4 is 15.9 Å². The Balaban J connectivity index is 2.37. The van der Waals surface area contributed by atoms with Crippen LogP contribution in [0.2, 0.25) is 0 Å². The summed E-state index contributed by atoms with van der Waals surface area (Å²) >= 11 is 0. The van der Waals surface area contributed by atoms with Gasteiger partial charge in [-0.25, -0.2) is 12.7 Å². The molecule has 142 valence electrons. The fourth-order valence-corrected chi connectivity index (χ4v) is 4.56. The first-order valence-electron chi connectivity index (χ1n) is 8.92. The Morgan fingerprint density at radius 2 is 1.73 bits per heavy atom. The van der Waals surface area contributed by atoms with Crippen molar-refractivity contribution in [3.05, 3.63) is 46.8 Å². The second kappa shape index (κ2) is 8.03. The van der Waals surface area contributed by atoms with Crippen LogP contribution in [0.25, 0.3) is 0 Å². The van der Waals surface area contributed by atoms with E-state index >= 15 is 0 Å². The second-order valence-electron chi connectivity index (χ2n) is 6.26. The Hall–Kier alpha value is -2.15. The van der Waals surface area contributed by atoms with E-state index in [-0.39, 0.29) is 17.9 Å². The molecular formula is C19H27N3O3S. The lowest BCUT2D eigenvalue weighted by Gasteiger charge is -2.21. The molecule has 0 fully saturated rings. The molecule has 2 aromatic rings. The molecule has 0 aliphatic rings. The summed E-state index contributed by atoms with van der Waals surface area (Å²) in [7, 11) is -2.01. The quantitative estimate of drug-likeness (QED) is 0.744. The highest BCUT2D eigenvalue weighted by molar-refractivity contribution is 7.89. The zero-order valence-corrected chi connectivity index (χ0v) is 16.9. The number of carbonyl (C=O) groups is 1. The van der Waals surface area contributed by atoms with Crippen LogP contribution in [0, 0.1) is 6.92 Å². The molecule has 0 N–H and O–H groups in total. The lowest BCUT2D eigenvalue weighted by Crippen LogP contribution is -2.38. The van der Waals surface area contributed by atoms with Crippen LogP contribution in [0.15, 0.2) is 29.2 Å². The number of amides is 1. The number of sulfonamides is 1. The first-order valence-corrected chi connectivity index (χ1v) is 10.4. The first-order chi connectivity index (χ1) is 12.3. The van der Waals surface area contributed by atoms with Crippen LogP contribution in [-0.4, -0.2) is 35.0 Å². The minimum Gasteiger partial charge on any atom is -0.273 e. The van der Waals surface area contributed by atoms with Crippen molar-refractivity contribution in [2.24, 2.45) is 7.05 Å². The van der Waals surface area contributed by atoms with Crippen molar-refractivity contribution in [3.63, 3.8) is 0 Å². The summed E-state index contributed by atoms with van der Waals surface area (Å²) in [4.78, 5) is 13.0. The van der Waals surface area contributed by atoms with Gasteiger partial charge in [-0.05, 0) is 38.8 Å². The molecule has 0 bridgehead atoms. The van der Waals surface area contributed by atoms with E-state index in [4.69, 9.17) is 0 Å². The predicted molar refractivity (Wildman–Crippen MR) is 101 cm³/mol. The van der Waals surface area contributed by atoms with E-state index in [9.17, 15) is 13.2 Å². The topological polar surface area (TPSA) is 72.3 Å². The van der Waals surface area contributed by atoms with Gasteiger partial charge in [-0.1, -0.05) is 31.5 Å². The van der Waals surface area contributed by atoms with E-state index in [2.05, 4.69) is 5.10 Å². The van der Waals surface area contributed by atoms with Gasteiger partial charge in [0.15, 0.2) is 0 Å². The molecule has 0 aliphatic heterocycles. The van der Waals surface area contributed by atoms with E-state index in [1.165, 1.54) is 0 Å². The van der Waals surface area contributed by atoms with E-state index in [1.54, 1.807) is 35.9 Å². The second-order valence-corrected chi connectivity index (χ2v) is 8.12. The number of aromatic nitrogens is 2. The molecule has 1 aromatic carbocycles. The van der Waals surface area contributed by atoms with E-state index in [1.807, 2.05) is 27.8 Å². The third kappa shape index (κ3) is 3.82. The maximum absolute atomic E-state index is 12.9. The first kappa shape index (κ1) is 20.2. The van der Waals surface area contributed by atoms with Gasteiger partial charge in [0.1, 0.15) is 0 Å². The molecular weight excluding hydrogens is 350 g/mol. The molecule has 0 aliphatic carbocycles. The summed E-state index contributed by atoms with van der Waals surface area (Å²) in [6.45, 7) is 7.65. The van der Waals surface area contributed by atoms with Crippen LogP contribution >= 0.6 is 0 Å². The molecule has 1 aromatic heterocycles. The van der Waals surface area contributed by atoms with Crippen LogP contribution in [-0.2, 0) is 41.1 Å². The number of nitrogens with zero attached hydrogens (tertiary/aromatic N) is 3. The van der Waals surface area contributed by atoms with Crippen molar-refractivity contribution in [1.82, 2.24) is 14.1 Å². The van der Waals surface area contributed by atoms with E-state index < -0.39 is 15.9 Å². The standard InChI is InChI=1S/C19H27N3O3S/c1-6-17-16(18(7-2)21(5)20-17)13-19(23)22(8-3)26(24,25)15-11-9-14(4)10-12-15/h9-12H,6-8,13H2,1-5H3. The van der Waals surface area contributed by atoms with Crippen molar-refractivity contribution in [2.45, 2.75) is 51.9 Å². The van der Waals surface area contributed by atoms with Gasteiger partial charge in [-0.15, -0.1) is 0 Å². The van der Waals surface area contributed by atoms with Gasteiger partial charge in [0.25, 0.3) is 10.0 Å². The van der Waals surface area contributed by atoms with Crippen molar-refractivity contribution in [1.29, 1.82) is 0 Å². The monoisotopic (exact) mass is 377 g/mol. The smallest absolute Gasteiger partial charge is 0.266 e. The molecule has 1 heterocycles. The molecule has 2 rings (SSSR count). The zero-order valence-electron chi connectivity index (χ0n) is 16.1. The molecule has 7 heteroatoms. The summed E-state index contributed by atoms with van der Waals surface area (Å²) < 4.78 is 28.6. The van der Waals surface area contributed by atoms with Crippen LogP contribution in [0.5, 0.6) is 0 Å². The number of benzene rings is 1. The SMILES string of the molecule is CCc1nn(C)c(CC)c1CC(=O)N(CC)S(=O)(=O)c1ccc(C)cc1. The minimum atomic E-state index is -3.86. The average molecular weight is 378 g/mol. The number of hydrogen-bond acceptors (Lipinski definition) is 4. The van der Waals surface area contributed by atoms with Crippen molar-refractivity contribution < 1.29 is 13.2 Å². The largest absolute Gasteiger partial charge is 0.273 e. The Morgan fingerprint density at radius 3 is 2.23 bits per heavy atom. The Kier molecular flexibility index (Phi) is 6.23. The summed E-state index contributed by atoms with van der Waals surface area (Å²) in [5.74, 6) is -0.425. The maximum Gasteiger partial charge on any atom is 0.266 e. The molecule has 0 saturated carbocycles. The highest BCUT2D eigenvalue weighted by Crippen LogP contribution is 2.21. The van der Waals surface area contributed by atoms with E-state index in [0.29, 0.717) is 6.42 Å². The van der Waals surface area contributed by atoms with E-state index in [0.717, 1.165) is 33.2 Å². The van der Waals surface area contributed by atoms with Crippen molar-refractivity contribution in [2.75, 3.05) is 6.54 Å². The van der Waals surface area contributed by atoms with Crippen LogP contribution in [0.1, 0.15) is 43.3 Å². The lowest BCUT2D eigenvalue weighted by molar-refractivity contribution is -0.125. The number of aryl methyl sites for hydroxylation is 3. The molecule has 0 saturated heterocycles. The molecule has 26 heavy (non-hydrogen) atoms. The molecule has 0 spiro atoms. The molecule has 0 atom stereocenters. The average Bonchev–Trinajstić information content (AvgIpc) is 2.90. The predicted octanol–water partition coefficient (Wildman–Crippen LogP) is 2.63. The summed E-state index contributed by atoms with van der Waals surface area (Å²) in [6, 6.07) is 6.55. The normalized spacial score (nSPS) is 11.6. The number of carbonyl (C=O) groups excluding carboxylic acids is 1. The van der Waals surface area contributed by atoms with Gasteiger partial charge in [-0.3, -0.25) is 9.48 Å². The van der Waals surface area contributed by atoms with Crippen molar-refractivity contribution in [3.8, 4) is 0 Å². The fourth-order valence-electron chi connectivity index (χ4n) is 3.15. The highest BCUT2D eigenvalue weighted by Gasteiger charge is 2.29. The Morgan fingerprint density at radius 1 is 1.12 bits per heavy atom. The third-order valence-corrected chi connectivity index (χ3v) is 6.44. The molecule has 6 nitrogen and oxygen atoms in total. The fraction of sp³-hybridized carbons (Fsp3) is 0.474. The van der Waals surface area contributed by atoms with Gasteiger partial charge in [-0.2, -0.15) is 5.10 Å². The van der Waals surface area contributed by atoms with Crippen LogP contribution in [0.4, 0.5) is 0 Å². The number of rotatable bonds is 7. The van der Waals surface area contributed by atoms with Gasteiger partial charge >= 0.3 is 0 Å². The van der Waals surface area contributed by atoms with Crippen LogP contribution < -0.4 is 0 Å². The Labute approximate surface area is 155 Å². The van der Waals surface area contributed by atoms with Gasteiger partial charge in [0, 0.05) is 24.8 Å². The van der Waals surface area contributed by atoms with Gasteiger partial charge in [0.2, 0.25) is 5.91 Å². The summed E-state index contributed by atoms with van der Waals surface area (Å²) in [5, 5.41) is 4.46. The number of likely N-dealkylation sites (N-methyl/N-ethyl adjacent to an activating group) is 1. The zero-order chi connectivity index (χ0) is 19.5. The number of hydrogen-bond donors (Lipinski definition) is 0. The molecule has 0 radical (unpaired) electrons.